The maximum Gasteiger partial charge on any atom is 0.362 e. The molecule has 2 atom stereocenters. The van der Waals surface area contributed by atoms with Gasteiger partial charge in [0.1, 0.15) is 6.61 Å². The number of carbonyl (C=O) groups is 3. The van der Waals surface area contributed by atoms with Crippen LogP contribution in [-0.2, 0) is 28.6 Å². The molecule has 0 spiro atoms. The first kappa shape index (κ1) is 46.3. The minimum absolute atomic E-state index is 0.0428. The smallest absolute Gasteiger partial charge is 0.362 e. The molecule has 0 amide bonds. The van der Waals surface area contributed by atoms with Crippen molar-refractivity contribution in [3.63, 3.8) is 0 Å². The van der Waals surface area contributed by atoms with Gasteiger partial charge in [-0.2, -0.15) is 0 Å². The van der Waals surface area contributed by atoms with Crippen molar-refractivity contribution in [2.24, 2.45) is 0 Å². The lowest BCUT2D eigenvalue weighted by Crippen LogP contribution is -2.50. The number of esters is 2. The molecule has 0 aromatic heterocycles. The second-order valence-corrected chi connectivity index (χ2v) is 14.9. The number of aliphatic carboxylic acids is 1. The fraction of sp³-hybridized carbons (Fsp3) is 0.925. The van der Waals surface area contributed by atoms with Crippen LogP contribution in [0, 0.1) is 0 Å². The molecule has 48 heavy (non-hydrogen) atoms. The lowest BCUT2D eigenvalue weighted by Gasteiger charge is -2.31. The molecule has 0 aliphatic carbocycles. The molecule has 0 aromatic carbocycles. The number of hydrogen-bond acceptors (Lipinski definition) is 6. The van der Waals surface area contributed by atoms with Gasteiger partial charge in [0.05, 0.1) is 34.4 Å². The zero-order valence-corrected chi connectivity index (χ0v) is 32.2. The Bertz CT molecular complexity index is 767. The Morgan fingerprint density at radius 2 is 0.917 bits per heavy atom. The summed E-state index contributed by atoms with van der Waals surface area (Å²) >= 11 is 0. The quantitative estimate of drug-likeness (QED) is 0.0398. The Morgan fingerprint density at radius 3 is 1.29 bits per heavy atom. The second-order valence-electron chi connectivity index (χ2n) is 14.9. The van der Waals surface area contributed by atoms with E-state index in [2.05, 4.69) is 13.8 Å². The molecule has 0 saturated heterocycles. The van der Waals surface area contributed by atoms with Crippen LogP contribution in [0.15, 0.2) is 0 Å². The van der Waals surface area contributed by atoms with E-state index in [1.165, 1.54) is 116 Å². The van der Waals surface area contributed by atoms with Crippen LogP contribution in [0.4, 0.5) is 0 Å². The fourth-order valence-corrected chi connectivity index (χ4v) is 6.09. The van der Waals surface area contributed by atoms with Gasteiger partial charge >= 0.3 is 17.9 Å². The van der Waals surface area contributed by atoms with E-state index >= 15 is 0 Å². The van der Waals surface area contributed by atoms with Crippen LogP contribution >= 0.6 is 0 Å². The molecular formula is C40H78NO7+. The van der Waals surface area contributed by atoms with E-state index in [9.17, 15) is 19.5 Å². The van der Waals surface area contributed by atoms with Crippen molar-refractivity contribution in [1.29, 1.82) is 0 Å². The van der Waals surface area contributed by atoms with Gasteiger partial charge in [-0.25, -0.2) is 4.79 Å². The van der Waals surface area contributed by atoms with E-state index in [0.717, 1.165) is 38.5 Å². The van der Waals surface area contributed by atoms with Gasteiger partial charge in [0.2, 0.25) is 0 Å². The number of carbonyl (C=O) groups excluding carboxylic acids is 2. The van der Waals surface area contributed by atoms with Gasteiger partial charge in [-0.3, -0.25) is 9.59 Å². The standard InChI is InChI=1S/C40H77NO7/c1-6-8-10-12-14-16-18-19-20-21-23-24-26-28-30-38(42)47-35-36(34-46-33-32-37(40(44)45)41(3,4)5)48-39(43)31-29-27-25-22-17-15-13-11-9-7-2/h36-37H,6-35H2,1-5H3/p+1. The average Bonchev–Trinajstić information content (AvgIpc) is 3.03. The molecule has 0 bridgehead atoms. The summed E-state index contributed by atoms with van der Waals surface area (Å²) in [5.41, 5.74) is 0. The van der Waals surface area contributed by atoms with E-state index in [1.54, 1.807) is 0 Å². The van der Waals surface area contributed by atoms with Gasteiger partial charge in [0.15, 0.2) is 12.1 Å². The molecule has 2 unspecified atom stereocenters. The van der Waals surface area contributed by atoms with Crippen LogP contribution < -0.4 is 0 Å². The number of likely N-dealkylation sites (N-methyl/N-ethyl adjacent to an activating group) is 1. The average molecular weight is 685 g/mol. The minimum Gasteiger partial charge on any atom is -0.477 e. The van der Waals surface area contributed by atoms with Crippen LogP contribution in [-0.4, -0.2) is 80.6 Å². The predicted octanol–water partition coefficient (Wildman–Crippen LogP) is 10.2. The molecule has 0 heterocycles. The van der Waals surface area contributed by atoms with Crippen LogP contribution in [0.2, 0.25) is 0 Å². The minimum atomic E-state index is -0.872. The van der Waals surface area contributed by atoms with Gasteiger partial charge < -0.3 is 23.8 Å². The summed E-state index contributed by atoms with van der Waals surface area (Å²) in [5.74, 6) is -1.45. The first-order valence-corrected chi connectivity index (χ1v) is 20.1. The molecule has 8 nitrogen and oxygen atoms in total. The van der Waals surface area contributed by atoms with E-state index in [-0.39, 0.29) is 36.2 Å². The van der Waals surface area contributed by atoms with Crippen molar-refractivity contribution in [3.8, 4) is 0 Å². The van der Waals surface area contributed by atoms with Gasteiger partial charge in [-0.1, -0.05) is 155 Å². The van der Waals surface area contributed by atoms with E-state index < -0.39 is 18.1 Å². The van der Waals surface area contributed by atoms with E-state index in [0.29, 0.717) is 19.3 Å². The summed E-state index contributed by atoms with van der Waals surface area (Å²) in [6.07, 6.45) is 29.9. The van der Waals surface area contributed by atoms with Crippen molar-refractivity contribution in [2.75, 3.05) is 41.0 Å². The van der Waals surface area contributed by atoms with Gasteiger partial charge in [0, 0.05) is 19.3 Å². The third-order valence-corrected chi connectivity index (χ3v) is 9.26. The molecule has 0 aliphatic rings. The van der Waals surface area contributed by atoms with Crippen molar-refractivity contribution in [3.05, 3.63) is 0 Å². The molecule has 0 aromatic rings. The summed E-state index contributed by atoms with van der Waals surface area (Å²) < 4.78 is 17.2. The number of rotatable bonds is 36. The molecule has 0 radical (unpaired) electrons. The molecule has 0 rings (SSSR count). The Labute approximate surface area is 296 Å². The summed E-state index contributed by atoms with van der Waals surface area (Å²) in [5, 5.41) is 9.58. The summed E-state index contributed by atoms with van der Waals surface area (Å²) in [7, 11) is 5.53. The maximum absolute atomic E-state index is 12.6. The van der Waals surface area contributed by atoms with Crippen LogP contribution in [0.1, 0.15) is 187 Å². The first-order chi connectivity index (χ1) is 23.1. The lowest BCUT2D eigenvalue weighted by molar-refractivity contribution is -0.887. The highest BCUT2D eigenvalue weighted by atomic mass is 16.6. The van der Waals surface area contributed by atoms with E-state index in [4.69, 9.17) is 14.2 Å². The number of carboxylic acid groups (broad SMARTS) is 1. The van der Waals surface area contributed by atoms with Gasteiger partial charge in [0.25, 0.3) is 0 Å². The molecule has 0 aliphatic heterocycles. The second kappa shape index (κ2) is 32.5. The Hall–Kier alpha value is -1.67. The summed E-state index contributed by atoms with van der Waals surface area (Å²) in [6.45, 7) is 4.74. The number of hydrogen-bond donors (Lipinski definition) is 1. The third kappa shape index (κ3) is 30.4. The Balaban J connectivity index is 4.34. The SMILES string of the molecule is CCCCCCCCCCCCCCCCC(=O)OCC(COCCC(C(=O)O)[N+](C)(C)C)OC(=O)CCCCCCCCCCCC. The Morgan fingerprint density at radius 1 is 0.542 bits per heavy atom. The number of carboxylic acids is 1. The van der Waals surface area contributed by atoms with Gasteiger partial charge in [-0.15, -0.1) is 0 Å². The fourth-order valence-electron chi connectivity index (χ4n) is 6.09. The Kier molecular flexibility index (Phi) is 31.4. The van der Waals surface area contributed by atoms with Crippen molar-refractivity contribution in [1.82, 2.24) is 0 Å². The molecular weight excluding hydrogens is 606 g/mol. The molecule has 8 heteroatoms. The third-order valence-electron chi connectivity index (χ3n) is 9.26. The highest BCUT2D eigenvalue weighted by Gasteiger charge is 2.31. The van der Waals surface area contributed by atoms with Crippen LogP contribution in [0.5, 0.6) is 0 Å². The maximum atomic E-state index is 12.6. The molecule has 0 saturated carbocycles. The van der Waals surface area contributed by atoms with Crippen LogP contribution in [0.3, 0.4) is 0 Å². The molecule has 1 N–H and O–H groups in total. The number of nitrogens with zero attached hydrogens (tertiary/aromatic N) is 1. The van der Waals surface area contributed by atoms with Crippen molar-refractivity contribution >= 4 is 17.9 Å². The topological polar surface area (TPSA) is 99.1 Å². The zero-order valence-electron chi connectivity index (χ0n) is 32.2. The first-order valence-electron chi connectivity index (χ1n) is 20.1. The number of quaternary nitrogens is 1. The summed E-state index contributed by atoms with van der Waals surface area (Å²) in [4.78, 5) is 36.8. The van der Waals surface area contributed by atoms with Gasteiger partial charge in [-0.05, 0) is 12.8 Å². The highest BCUT2D eigenvalue weighted by molar-refractivity contribution is 5.72. The predicted molar refractivity (Wildman–Crippen MR) is 197 cm³/mol. The van der Waals surface area contributed by atoms with Crippen molar-refractivity contribution < 1.29 is 38.2 Å². The van der Waals surface area contributed by atoms with Crippen molar-refractivity contribution in [2.45, 2.75) is 199 Å². The number of ether oxygens (including phenoxy) is 3. The van der Waals surface area contributed by atoms with Crippen LogP contribution in [0.25, 0.3) is 0 Å². The van der Waals surface area contributed by atoms with E-state index in [1.807, 2.05) is 21.1 Å². The molecule has 0 fully saturated rings. The molecule has 284 valence electrons. The normalized spacial score (nSPS) is 12.9. The highest BCUT2D eigenvalue weighted by Crippen LogP contribution is 2.15. The lowest BCUT2D eigenvalue weighted by atomic mass is 10.0. The largest absolute Gasteiger partial charge is 0.477 e. The zero-order chi connectivity index (χ0) is 35.7. The monoisotopic (exact) mass is 685 g/mol. The number of unbranched alkanes of at least 4 members (excludes halogenated alkanes) is 22. The summed E-state index contributed by atoms with van der Waals surface area (Å²) in [6, 6.07) is -0.606.